The molecule has 6 heteroatoms. The number of esters is 1. The zero-order valence-corrected chi connectivity index (χ0v) is 8.67. The largest absolute Gasteiger partial charge is 0.463 e. The van der Waals surface area contributed by atoms with Crippen molar-refractivity contribution in [1.29, 1.82) is 0 Å². The van der Waals surface area contributed by atoms with Crippen LogP contribution in [-0.2, 0) is 9.53 Å². The average Bonchev–Trinajstić information content (AvgIpc) is 2.24. The van der Waals surface area contributed by atoms with Crippen LogP contribution in [-0.4, -0.2) is 57.9 Å². The van der Waals surface area contributed by atoms with Crippen LogP contribution in [0, 0.1) is 0 Å². The molecule has 0 aromatic heterocycles. The molecule has 4 N–H and O–H groups in total. The molecular weight excluding hydrogens is 204 g/mol. The van der Waals surface area contributed by atoms with Gasteiger partial charge in [-0.1, -0.05) is 6.92 Å². The van der Waals surface area contributed by atoms with Crippen LogP contribution >= 0.6 is 0 Å². The SMILES string of the molecule is CCCC(=O)OCC(O)[C@@H](O)[C@H](O)CO. The lowest BCUT2D eigenvalue weighted by atomic mass is 10.1. The number of rotatable bonds is 7. The van der Waals surface area contributed by atoms with Gasteiger partial charge in [0.25, 0.3) is 0 Å². The molecule has 1 unspecified atom stereocenters. The fraction of sp³-hybridized carbons (Fsp3) is 0.889. The van der Waals surface area contributed by atoms with E-state index >= 15 is 0 Å². The number of hydrogen-bond donors (Lipinski definition) is 4. The molecule has 0 heterocycles. The minimum absolute atomic E-state index is 0.241. The summed E-state index contributed by atoms with van der Waals surface area (Å²) in [7, 11) is 0. The minimum atomic E-state index is -1.52. The molecule has 0 saturated carbocycles. The van der Waals surface area contributed by atoms with Gasteiger partial charge in [-0.2, -0.15) is 0 Å². The van der Waals surface area contributed by atoms with Crippen LogP contribution in [0.5, 0.6) is 0 Å². The second kappa shape index (κ2) is 7.58. The lowest BCUT2D eigenvalue weighted by molar-refractivity contribution is -0.152. The van der Waals surface area contributed by atoms with Gasteiger partial charge in [-0.25, -0.2) is 0 Å². The molecule has 6 nitrogen and oxygen atoms in total. The first-order valence-electron chi connectivity index (χ1n) is 4.83. The van der Waals surface area contributed by atoms with E-state index in [1.807, 2.05) is 6.92 Å². The topological polar surface area (TPSA) is 107 Å². The van der Waals surface area contributed by atoms with E-state index in [0.717, 1.165) is 0 Å². The Morgan fingerprint density at radius 3 is 2.33 bits per heavy atom. The van der Waals surface area contributed by atoms with Gasteiger partial charge in [0.1, 0.15) is 24.9 Å². The molecule has 0 aliphatic carbocycles. The standard InChI is InChI=1S/C9H18O6/c1-2-3-8(13)15-5-7(12)9(14)6(11)4-10/h6-7,9-12,14H,2-5H2,1H3/t6-,7?,9+/m1/s1. The van der Waals surface area contributed by atoms with E-state index in [-0.39, 0.29) is 6.42 Å². The monoisotopic (exact) mass is 222 g/mol. The highest BCUT2D eigenvalue weighted by Crippen LogP contribution is 2.02. The van der Waals surface area contributed by atoms with Crippen LogP contribution in [0.2, 0.25) is 0 Å². The lowest BCUT2D eigenvalue weighted by Crippen LogP contribution is -2.42. The van der Waals surface area contributed by atoms with Gasteiger partial charge in [0.05, 0.1) is 6.61 Å². The normalized spacial score (nSPS) is 16.9. The van der Waals surface area contributed by atoms with Gasteiger partial charge in [-0.05, 0) is 6.42 Å². The van der Waals surface area contributed by atoms with Crippen molar-refractivity contribution in [3.63, 3.8) is 0 Å². The summed E-state index contributed by atoms with van der Waals surface area (Å²) in [5.41, 5.74) is 0. The quantitative estimate of drug-likeness (QED) is 0.387. The van der Waals surface area contributed by atoms with Crippen LogP contribution in [0.15, 0.2) is 0 Å². The van der Waals surface area contributed by atoms with Crippen molar-refractivity contribution < 1.29 is 30.0 Å². The molecule has 0 amide bonds. The summed E-state index contributed by atoms with van der Waals surface area (Å²) >= 11 is 0. The number of aliphatic hydroxyl groups is 4. The molecule has 90 valence electrons. The van der Waals surface area contributed by atoms with E-state index in [4.69, 9.17) is 10.2 Å². The van der Waals surface area contributed by atoms with E-state index in [1.54, 1.807) is 0 Å². The van der Waals surface area contributed by atoms with Crippen molar-refractivity contribution in [2.24, 2.45) is 0 Å². The van der Waals surface area contributed by atoms with Gasteiger partial charge in [-0.15, -0.1) is 0 Å². The summed E-state index contributed by atoms with van der Waals surface area (Å²) in [6.45, 7) is 0.750. The molecule has 0 aliphatic heterocycles. The van der Waals surface area contributed by atoms with Crippen molar-refractivity contribution in [2.45, 2.75) is 38.1 Å². The molecule has 0 aromatic carbocycles. The molecule has 0 spiro atoms. The second-order valence-electron chi connectivity index (χ2n) is 3.24. The Bertz CT molecular complexity index is 183. The van der Waals surface area contributed by atoms with Crippen molar-refractivity contribution in [1.82, 2.24) is 0 Å². The Kier molecular flexibility index (Phi) is 7.23. The number of carbonyl (C=O) groups excluding carboxylic acids is 1. The average molecular weight is 222 g/mol. The molecule has 0 radical (unpaired) electrons. The van der Waals surface area contributed by atoms with Gasteiger partial charge in [0.2, 0.25) is 0 Å². The Labute approximate surface area is 88.1 Å². The zero-order valence-electron chi connectivity index (χ0n) is 8.67. The molecular formula is C9H18O6. The van der Waals surface area contributed by atoms with Crippen molar-refractivity contribution >= 4 is 5.97 Å². The minimum Gasteiger partial charge on any atom is -0.463 e. The number of hydrogen-bond acceptors (Lipinski definition) is 6. The highest BCUT2D eigenvalue weighted by atomic mass is 16.5. The first kappa shape index (κ1) is 14.3. The van der Waals surface area contributed by atoms with E-state index < -0.39 is 37.5 Å². The maximum absolute atomic E-state index is 10.9. The summed E-state index contributed by atoms with van der Waals surface area (Å²) in [4.78, 5) is 10.9. The molecule has 0 aromatic rings. The van der Waals surface area contributed by atoms with E-state index in [2.05, 4.69) is 4.74 Å². The van der Waals surface area contributed by atoms with Gasteiger partial charge < -0.3 is 25.2 Å². The van der Waals surface area contributed by atoms with Gasteiger partial charge >= 0.3 is 5.97 Å². The lowest BCUT2D eigenvalue weighted by Gasteiger charge is -2.21. The molecule has 0 fully saturated rings. The van der Waals surface area contributed by atoms with Crippen LogP contribution < -0.4 is 0 Å². The first-order valence-corrected chi connectivity index (χ1v) is 4.83. The molecule has 0 saturated heterocycles. The molecule has 0 aliphatic rings. The number of ether oxygens (including phenoxy) is 1. The summed E-state index contributed by atoms with van der Waals surface area (Å²) in [6.07, 6.45) is -3.48. The maximum Gasteiger partial charge on any atom is 0.305 e. The van der Waals surface area contributed by atoms with Crippen molar-refractivity contribution in [3.05, 3.63) is 0 Å². The zero-order chi connectivity index (χ0) is 11.8. The Balaban J connectivity index is 3.82. The fourth-order valence-electron chi connectivity index (χ4n) is 0.918. The fourth-order valence-corrected chi connectivity index (χ4v) is 0.918. The smallest absolute Gasteiger partial charge is 0.305 e. The van der Waals surface area contributed by atoms with Crippen LogP contribution in [0.25, 0.3) is 0 Å². The Morgan fingerprint density at radius 2 is 1.87 bits per heavy atom. The van der Waals surface area contributed by atoms with Crippen LogP contribution in [0.1, 0.15) is 19.8 Å². The molecule has 0 bridgehead atoms. The highest BCUT2D eigenvalue weighted by Gasteiger charge is 2.24. The van der Waals surface area contributed by atoms with E-state index in [0.29, 0.717) is 6.42 Å². The highest BCUT2D eigenvalue weighted by molar-refractivity contribution is 5.69. The molecule has 3 atom stereocenters. The van der Waals surface area contributed by atoms with Gasteiger partial charge in [-0.3, -0.25) is 4.79 Å². The van der Waals surface area contributed by atoms with Crippen molar-refractivity contribution in [2.75, 3.05) is 13.2 Å². The van der Waals surface area contributed by atoms with E-state index in [9.17, 15) is 15.0 Å². The maximum atomic E-state index is 10.9. The van der Waals surface area contributed by atoms with Gasteiger partial charge in [0.15, 0.2) is 0 Å². The summed E-state index contributed by atoms with van der Waals surface area (Å²) in [5, 5.41) is 35.9. The van der Waals surface area contributed by atoms with E-state index in [1.165, 1.54) is 0 Å². The van der Waals surface area contributed by atoms with Crippen LogP contribution in [0.4, 0.5) is 0 Å². The third-order valence-corrected chi connectivity index (χ3v) is 1.84. The summed E-state index contributed by atoms with van der Waals surface area (Å²) in [5.74, 6) is -0.470. The summed E-state index contributed by atoms with van der Waals surface area (Å²) < 4.78 is 4.62. The second-order valence-corrected chi connectivity index (χ2v) is 3.24. The predicted octanol–water partition coefficient (Wildman–Crippen LogP) is -1.60. The number of aliphatic hydroxyl groups excluding tert-OH is 4. The predicted molar refractivity (Wildman–Crippen MR) is 51.0 cm³/mol. The van der Waals surface area contributed by atoms with Crippen molar-refractivity contribution in [3.8, 4) is 0 Å². The third kappa shape index (κ3) is 5.68. The number of carbonyl (C=O) groups is 1. The third-order valence-electron chi connectivity index (χ3n) is 1.84. The van der Waals surface area contributed by atoms with Gasteiger partial charge in [0, 0.05) is 6.42 Å². The molecule has 15 heavy (non-hydrogen) atoms. The Morgan fingerprint density at radius 1 is 1.27 bits per heavy atom. The Hall–Kier alpha value is -0.690. The molecule has 0 rings (SSSR count). The van der Waals surface area contributed by atoms with Crippen LogP contribution in [0.3, 0.4) is 0 Å². The first-order chi connectivity index (χ1) is 7.02. The summed E-state index contributed by atoms with van der Waals surface area (Å²) in [6, 6.07) is 0.